The van der Waals surface area contributed by atoms with Crippen LogP contribution in [0.1, 0.15) is 5.56 Å². The normalized spacial score (nSPS) is 11.7. The molecule has 2 rings (SSSR count). The summed E-state index contributed by atoms with van der Waals surface area (Å²) in [7, 11) is -1.08. The number of phenols is 1. The molecular formula is C16H18N2O3S. The predicted octanol–water partition coefficient (Wildman–Crippen LogP) is 2.49. The zero-order chi connectivity index (χ0) is 15.9. The molecule has 0 saturated heterocycles. The Morgan fingerprint density at radius 3 is 2.68 bits per heavy atom. The lowest BCUT2D eigenvalue weighted by atomic mass is 10.1. The van der Waals surface area contributed by atoms with Gasteiger partial charge in [0, 0.05) is 34.2 Å². The molecule has 1 unspecified atom stereocenters. The number of urea groups is 1. The minimum Gasteiger partial charge on any atom is -0.508 e. The van der Waals surface area contributed by atoms with Crippen molar-refractivity contribution in [2.24, 2.45) is 0 Å². The monoisotopic (exact) mass is 318 g/mol. The molecule has 5 nitrogen and oxygen atoms in total. The molecule has 22 heavy (non-hydrogen) atoms. The van der Waals surface area contributed by atoms with E-state index in [1.54, 1.807) is 48.7 Å². The molecule has 0 radical (unpaired) electrons. The van der Waals surface area contributed by atoms with E-state index < -0.39 is 10.8 Å². The van der Waals surface area contributed by atoms with Crippen LogP contribution in [-0.2, 0) is 17.2 Å². The van der Waals surface area contributed by atoms with Crippen molar-refractivity contribution in [1.29, 1.82) is 0 Å². The summed E-state index contributed by atoms with van der Waals surface area (Å²) in [5, 5.41) is 14.8. The number of carbonyl (C=O) groups is 1. The van der Waals surface area contributed by atoms with Gasteiger partial charge in [0.1, 0.15) is 5.75 Å². The molecule has 0 aliphatic heterocycles. The molecule has 2 amide bonds. The zero-order valence-corrected chi connectivity index (χ0v) is 13.0. The van der Waals surface area contributed by atoms with Gasteiger partial charge in [-0.05, 0) is 42.3 Å². The average molecular weight is 318 g/mol. The van der Waals surface area contributed by atoms with Crippen molar-refractivity contribution in [1.82, 2.24) is 5.32 Å². The molecule has 2 aromatic rings. The molecule has 3 N–H and O–H groups in total. The fourth-order valence-electron chi connectivity index (χ4n) is 1.96. The highest BCUT2D eigenvalue weighted by Crippen LogP contribution is 2.13. The third-order valence-electron chi connectivity index (χ3n) is 3.03. The van der Waals surface area contributed by atoms with Gasteiger partial charge in [-0.2, -0.15) is 0 Å². The van der Waals surface area contributed by atoms with Gasteiger partial charge in [-0.15, -0.1) is 0 Å². The van der Waals surface area contributed by atoms with Crippen LogP contribution in [0.5, 0.6) is 5.75 Å². The molecule has 0 spiro atoms. The van der Waals surface area contributed by atoms with Crippen molar-refractivity contribution in [2.75, 3.05) is 18.1 Å². The SMILES string of the molecule is CS(=O)c1cccc(NC(=O)NCCc2cccc(O)c2)c1. The molecular weight excluding hydrogens is 300 g/mol. The number of hydrogen-bond acceptors (Lipinski definition) is 3. The second kappa shape index (κ2) is 7.61. The number of aromatic hydroxyl groups is 1. The lowest BCUT2D eigenvalue weighted by Gasteiger charge is -2.08. The second-order valence-electron chi connectivity index (χ2n) is 4.78. The molecule has 0 aliphatic carbocycles. The maximum atomic E-state index is 11.8. The van der Waals surface area contributed by atoms with E-state index in [1.807, 2.05) is 6.07 Å². The van der Waals surface area contributed by atoms with Gasteiger partial charge in [-0.1, -0.05) is 18.2 Å². The maximum Gasteiger partial charge on any atom is 0.319 e. The van der Waals surface area contributed by atoms with Gasteiger partial charge in [-0.3, -0.25) is 4.21 Å². The van der Waals surface area contributed by atoms with Crippen molar-refractivity contribution in [2.45, 2.75) is 11.3 Å². The number of anilines is 1. The first-order valence-electron chi connectivity index (χ1n) is 6.81. The van der Waals surface area contributed by atoms with E-state index in [0.29, 0.717) is 23.5 Å². The van der Waals surface area contributed by atoms with Crippen molar-refractivity contribution in [3.8, 4) is 5.75 Å². The largest absolute Gasteiger partial charge is 0.508 e. The van der Waals surface area contributed by atoms with Crippen LogP contribution in [0, 0.1) is 0 Å². The third-order valence-corrected chi connectivity index (χ3v) is 3.95. The van der Waals surface area contributed by atoms with Crippen LogP contribution in [-0.4, -0.2) is 28.1 Å². The van der Waals surface area contributed by atoms with Gasteiger partial charge in [0.2, 0.25) is 0 Å². The van der Waals surface area contributed by atoms with Crippen LogP contribution in [0.3, 0.4) is 0 Å². The Morgan fingerprint density at radius 1 is 1.18 bits per heavy atom. The molecule has 0 aromatic heterocycles. The van der Waals surface area contributed by atoms with Crippen LogP contribution >= 0.6 is 0 Å². The van der Waals surface area contributed by atoms with Crippen molar-refractivity contribution >= 4 is 22.5 Å². The Morgan fingerprint density at radius 2 is 1.95 bits per heavy atom. The molecule has 0 heterocycles. The van der Waals surface area contributed by atoms with Crippen molar-refractivity contribution in [3.63, 3.8) is 0 Å². The minimum atomic E-state index is -1.08. The molecule has 0 bridgehead atoms. The summed E-state index contributed by atoms with van der Waals surface area (Å²) in [5.41, 5.74) is 1.55. The first kappa shape index (κ1) is 16.0. The second-order valence-corrected chi connectivity index (χ2v) is 6.16. The number of carbonyl (C=O) groups excluding carboxylic acids is 1. The molecule has 0 aliphatic rings. The summed E-state index contributed by atoms with van der Waals surface area (Å²) in [6.07, 6.45) is 2.22. The first-order valence-corrected chi connectivity index (χ1v) is 8.36. The smallest absolute Gasteiger partial charge is 0.319 e. The first-order chi connectivity index (χ1) is 10.5. The number of hydrogen-bond donors (Lipinski definition) is 3. The molecule has 116 valence electrons. The topological polar surface area (TPSA) is 78.4 Å². The third kappa shape index (κ3) is 4.89. The Kier molecular flexibility index (Phi) is 5.55. The molecule has 6 heteroatoms. The van der Waals surface area contributed by atoms with E-state index in [0.717, 1.165) is 5.56 Å². The Hall–Kier alpha value is -2.34. The molecule has 0 saturated carbocycles. The summed E-state index contributed by atoms with van der Waals surface area (Å²) in [5.74, 6) is 0.214. The van der Waals surface area contributed by atoms with E-state index >= 15 is 0 Å². The quantitative estimate of drug-likeness (QED) is 0.792. The van der Waals surface area contributed by atoms with Crippen LogP contribution in [0.25, 0.3) is 0 Å². The number of amides is 2. The maximum absolute atomic E-state index is 11.8. The van der Waals surface area contributed by atoms with Crippen LogP contribution < -0.4 is 10.6 Å². The predicted molar refractivity (Wildman–Crippen MR) is 87.6 cm³/mol. The lowest BCUT2D eigenvalue weighted by Crippen LogP contribution is -2.30. The van der Waals surface area contributed by atoms with Gasteiger partial charge in [0.25, 0.3) is 0 Å². The lowest BCUT2D eigenvalue weighted by molar-refractivity contribution is 0.252. The fraction of sp³-hybridized carbons (Fsp3) is 0.188. The molecule has 1 atom stereocenters. The van der Waals surface area contributed by atoms with Crippen LogP contribution in [0.15, 0.2) is 53.4 Å². The minimum absolute atomic E-state index is 0.214. The highest BCUT2D eigenvalue weighted by atomic mass is 32.2. The van der Waals surface area contributed by atoms with E-state index in [2.05, 4.69) is 10.6 Å². The highest BCUT2D eigenvalue weighted by molar-refractivity contribution is 7.84. The molecule has 0 fully saturated rings. The summed E-state index contributed by atoms with van der Waals surface area (Å²) >= 11 is 0. The van der Waals surface area contributed by atoms with Crippen LogP contribution in [0.4, 0.5) is 10.5 Å². The Labute approximate surface area is 131 Å². The van der Waals surface area contributed by atoms with E-state index in [4.69, 9.17) is 0 Å². The van der Waals surface area contributed by atoms with Gasteiger partial charge in [-0.25, -0.2) is 4.79 Å². The summed E-state index contributed by atoms with van der Waals surface area (Å²) in [6.45, 7) is 0.453. The summed E-state index contributed by atoms with van der Waals surface area (Å²) < 4.78 is 11.4. The van der Waals surface area contributed by atoms with E-state index in [9.17, 15) is 14.1 Å². The number of nitrogens with one attached hydrogen (secondary N) is 2. The van der Waals surface area contributed by atoms with E-state index in [1.165, 1.54) is 0 Å². The van der Waals surface area contributed by atoms with Crippen LogP contribution in [0.2, 0.25) is 0 Å². The average Bonchev–Trinajstić information content (AvgIpc) is 2.47. The Balaban J connectivity index is 1.83. The van der Waals surface area contributed by atoms with Gasteiger partial charge in [0.15, 0.2) is 0 Å². The van der Waals surface area contributed by atoms with E-state index in [-0.39, 0.29) is 11.8 Å². The van der Waals surface area contributed by atoms with Gasteiger partial charge in [0.05, 0.1) is 0 Å². The molecule has 2 aromatic carbocycles. The highest BCUT2D eigenvalue weighted by Gasteiger charge is 2.04. The standard InChI is InChI=1S/C16H18N2O3S/c1-22(21)15-7-3-5-13(11-15)18-16(20)17-9-8-12-4-2-6-14(19)10-12/h2-7,10-11,19H,8-9H2,1H3,(H2,17,18,20). The van der Waals surface area contributed by atoms with Gasteiger partial charge < -0.3 is 15.7 Å². The fourth-order valence-corrected chi connectivity index (χ4v) is 2.52. The number of benzene rings is 2. The zero-order valence-electron chi connectivity index (χ0n) is 12.2. The summed E-state index contributed by atoms with van der Waals surface area (Å²) in [6, 6.07) is 13.5. The summed E-state index contributed by atoms with van der Waals surface area (Å²) in [4.78, 5) is 12.5. The number of rotatable bonds is 5. The van der Waals surface area contributed by atoms with Crippen molar-refractivity contribution in [3.05, 3.63) is 54.1 Å². The van der Waals surface area contributed by atoms with Crippen molar-refractivity contribution < 1.29 is 14.1 Å². The van der Waals surface area contributed by atoms with Gasteiger partial charge >= 0.3 is 6.03 Å². The Bertz CT molecular complexity index is 689. The number of phenolic OH excluding ortho intramolecular Hbond substituents is 1.